The van der Waals surface area contributed by atoms with E-state index >= 15 is 0 Å². The van der Waals surface area contributed by atoms with Gasteiger partial charge in [0, 0.05) is 10.2 Å². The molecule has 0 aliphatic heterocycles. The number of rotatable bonds is 2. The first kappa shape index (κ1) is 12.7. The zero-order valence-electron chi connectivity index (χ0n) is 8.72. The molecular weight excluding hydrogens is 315 g/mol. The molecule has 5 nitrogen and oxygen atoms in total. The van der Waals surface area contributed by atoms with Crippen molar-refractivity contribution >= 4 is 33.5 Å². The number of halogens is 4. The fraction of sp³-hybridized carbons (Fsp3) is 0.111. The Hall–Kier alpha value is -1.77. The summed E-state index contributed by atoms with van der Waals surface area (Å²) in [5.41, 5.74) is 4.73. The summed E-state index contributed by atoms with van der Waals surface area (Å²) in [5.74, 6) is 0.175. The quantitative estimate of drug-likeness (QED) is 0.794. The predicted octanol–water partition coefficient (Wildman–Crippen LogP) is 2.91. The third kappa shape index (κ3) is 2.73. The number of hydrogen-bond donors (Lipinski definition) is 3. The minimum atomic E-state index is -4.44. The van der Waals surface area contributed by atoms with E-state index in [0.717, 1.165) is 6.07 Å². The lowest BCUT2D eigenvalue weighted by Crippen LogP contribution is -2.06. The molecule has 18 heavy (non-hydrogen) atoms. The summed E-state index contributed by atoms with van der Waals surface area (Å²) in [6.45, 7) is 0. The average molecular weight is 322 g/mol. The monoisotopic (exact) mass is 321 g/mol. The van der Waals surface area contributed by atoms with Gasteiger partial charge in [-0.2, -0.15) is 18.2 Å². The van der Waals surface area contributed by atoms with Crippen LogP contribution in [0.4, 0.5) is 30.8 Å². The van der Waals surface area contributed by atoms with Crippen molar-refractivity contribution in [2.75, 3.05) is 11.1 Å². The van der Waals surface area contributed by atoms with E-state index in [9.17, 15) is 13.2 Å². The SMILES string of the molecule is Nc1nc(Nc2ccc(Br)c(C(F)(F)F)c2)n[nH]1. The van der Waals surface area contributed by atoms with Gasteiger partial charge in [0.1, 0.15) is 0 Å². The van der Waals surface area contributed by atoms with Crippen molar-refractivity contribution in [3.05, 3.63) is 28.2 Å². The zero-order chi connectivity index (χ0) is 13.3. The summed E-state index contributed by atoms with van der Waals surface area (Å²) < 4.78 is 37.9. The lowest BCUT2D eigenvalue weighted by molar-refractivity contribution is -0.138. The molecule has 0 aliphatic carbocycles. The van der Waals surface area contributed by atoms with E-state index in [4.69, 9.17) is 5.73 Å². The zero-order valence-corrected chi connectivity index (χ0v) is 10.3. The standard InChI is InChI=1S/C9H7BrF3N5/c10-6-2-1-4(3-5(6)9(11,12)13)15-8-16-7(14)17-18-8/h1-3H,(H4,14,15,16,17,18). The van der Waals surface area contributed by atoms with Crippen LogP contribution in [0.5, 0.6) is 0 Å². The number of benzene rings is 1. The summed E-state index contributed by atoms with van der Waals surface area (Å²) in [6.07, 6.45) is -4.44. The van der Waals surface area contributed by atoms with Crippen LogP contribution in [0.2, 0.25) is 0 Å². The van der Waals surface area contributed by atoms with E-state index in [-0.39, 0.29) is 22.1 Å². The van der Waals surface area contributed by atoms with Gasteiger partial charge in [-0.25, -0.2) is 5.10 Å². The fourth-order valence-corrected chi connectivity index (χ4v) is 1.75. The van der Waals surface area contributed by atoms with E-state index in [1.165, 1.54) is 12.1 Å². The van der Waals surface area contributed by atoms with Gasteiger partial charge in [-0.05, 0) is 18.2 Å². The van der Waals surface area contributed by atoms with Crippen LogP contribution in [0.1, 0.15) is 5.56 Å². The molecule has 96 valence electrons. The van der Waals surface area contributed by atoms with Crippen molar-refractivity contribution in [2.24, 2.45) is 0 Å². The van der Waals surface area contributed by atoms with Crippen molar-refractivity contribution < 1.29 is 13.2 Å². The van der Waals surface area contributed by atoms with Crippen molar-refractivity contribution in [1.29, 1.82) is 0 Å². The van der Waals surface area contributed by atoms with E-state index in [1.54, 1.807) is 0 Å². The molecule has 4 N–H and O–H groups in total. The van der Waals surface area contributed by atoms with E-state index < -0.39 is 11.7 Å². The Balaban J connectivity index is 2.30. The highest BCUT2D eigenvalue weighted by molar-refractivity contribution is 9.10. The molecule has 0 saturated carbocycles. The highest BCUT2D eigenvalue weighted by Crippen LogP contribution is 2.36. The number of H-pyrrole nitrogens is 1. The van der Waals surface area contributed by atoms with Gasteiger partial charge in [0.05, 0.1) is 5.56 Å². The van der Waals surface area contributed by atoms with Crippen LogP contribution >= 0.6 is 15.9 Å². The summed E-state index contributed by atoms with van der Waals surface area (Å²) in [5, 5.41) is 8.64. The summed E-state index contributed by atoms with van der Waals surface area (Å²) in [7, 11) is 0. The smallest absolute Gasteiger partial charge is 0.368 e. The molecule has 0 unspecified atom stereocenters. The first-order chi connectivity index (χ1) is 8.36. The van der Waals surface area contributed by atoms with Crippen LogP contribution in [0.25, 0.3) is 0 Å². The third-order valence-corrected chi connectivity index (χ3v) is 2.72. The molecule has 9 heteroatoms. The molecule has 2 aromatic rings. The number of aromatic nitrogens is 3. The summed E-state index contributed by atoms with van der Waals surface area (Å²) >= 11 is 2.85. The minimum absolute atomic E-state index is 0.0324. The fourth-order valence-electron chi connectivity index (χ4n) is 1.28. The van der Waals surface area contributed by atoms with Crippen LogP contribution in [-0.2, 0) is 6.18 Å². The molecule has 1 aromatic heterocycles. The van der Waals surface area contributed by atoms with E-state index in [2.05, 4.69) is 36.4 Å². The molecule has 0 amide bonds. The molecule has 0 radical (unpaired) electrons. The number of nitrogens with one attached hydrogen (secondary N) is 2. The van der Waals surface area contributed by atoms with Crippen molar-refractivity contribution in [2.45, 2.75) is 6.18 Å². The Morgan fingerprint density at radius 2 is 2.06 bits per heavy atom. The first-order valence-corrected chi connectivity index (χ1v) is 5.47. The Bertz CT molecular complexity index is 566. The Kier molecular flexibility index (Phi) is 3.16. The Morgan fingerprint density at radius 3 is 2.61 bits per heavy atom. The van der Waals surface area contributed by atoms with Crippen LogP contribution in [0, 0.1) is 0 Å². The molecule has 0 spiro atoms. The van der Waals surface area contributed by atoms with Gasteiger partial charge in [0.25, 0.3) is 0 Å². The number of anilines is 3. The first-order valence-electron chi connectivity index (χ1n) is 4.68. The molecule has 0 aliphatic rings. The van der Waals surface area contributed by atoms with E-state index in [0.29, 0.717) is 0 Å². The number of alkyl halides is 3. The topological polar surface area (TPSA) is 79.6 Å². The second-order valence-electron chi connectivity index (χ2n) is 3.36. The maximum Gasteiger partial charge on any atom is 0.417 e. The summed E-state index contributed by atoms with van der Waals surface area (Å²) in [4.78, 5) is 3.73. The van der Waals surface area contributed by atoms with Crippen molar-refractivity contribution in [1.82, 2.24) is 15.2 Å². The number of nitrogens with two attached hydrogens (primary N) is 1. The summed E-state index contributed by atoms with van der Waals surface area (Å²) in [6, 6.07) is 3.71. The van der Waals surface area contributed by atoms with Crippen LogP contribution < -0.4 is 11.1 Å². The van der Waals surface area contributed by atoms with Gasteiger partial charge >= 0.3 is 6.18 Å². The van der Waals surface area contributed by atoms with Gasteiger partial charge in [-0.3, -0.25) is 0 Å². The maximum absolute atomic E-state index is 12.7. The van der Waals surface area contributed by atoms with E-state index in [1.807, 2.05) is 0 Å². The molecule has 2 rings (SSSR count). The van der Waals surface area contributed by atoms with Crippen LogP contribution in [0.15, 0.2) is 22.7 Å². The highest BCUT2D eigenvalue weighted by Gasteiger charge is 2.33. The van der Waals surface area contributed by atoms with Gasteiger partial charge in [0.2, 0.25) is 11.9 Å². The molecule has 0 fully saturated rings. The lowest BCUT2D eigenvalue weighted by atomic mass is 10.2. The second-order valence-corrected chi connectivity index (χ2v) is 4.22. The van der Waals surface area contributed by atoms with Gasteiger partial charge in [0.15, 0.2) is 0 Å². The minimum Gasteiger partial charge on any atom is -0.368 e. The number of nitrogens with zero attached hydrogens (tertiary/aromatic N) is 2. The predicted molar refractivity (Wildman–Crippen MR) is 63.2 cm³/mol. The highest BCUT2D eigenvalue weighted by atomic mass is 79.9. The van der Waals surface area contributed by atoms with Crippen molar-refractivity contribution in [3.8, 4) is 0 Å². The number of nitrogen functional groups attached to an aromatic ring is 1. The Morgan fingerprint density at radius 1 is 1.33 bits per heavy atom. The number of aromatic amines is 1. The van der Waals surface area contributed by atoms with Crippen LogP contribution in [0.3, 0.4) is 0 Å². The molecule has 0 saturated heterocycles. The Labute approximate surface area is 108 Å². The third-order valence-electron chi connectivity index (χ3n) is 2.03. The molecule has 1 aromatic carbocycles. The van der Waals surface area contributed by atoms with Crippen LogP contribution in [-0.4, -0.2) is 15.2 Å². The van der Waals surface area contributed by atoms with Gasteiger partial charge in [-0.15, -0.1) is 5.10 Å². The van der Waals surface area contributed by atoms with Crippen molar-refractivity contribution in [3.63, 3.8) is 0 Å². The molecule has 0 atom stereocenters. The average Bonchev–Trinajstić information content (AvgIpc) is 2.65. The normalized spacial score (nSPS) is 11.6. The number of hydrogen-bond acceptors (Lipinski definition) is 4. The van der Waals surface area contributed by atoms with Gasteiger partial charge < -0.3 is 11.1 Å². The molecule has 1 heterocycles. The lowest BCUT2D eigenvalue weighted by Gasteiger charge is -2.11. The molecular formula is C9H7BrF3N5. The largest absolute Gasteiger partial charge is 0.417 e. The van der Waals surface area contributed by atoms with Gasteiger partial charge in [-0.1, -0.05) is 15.9 Å². The second kappa shape index (κ2) is 4.48. The maximum atomic E-state index is 12.7. The molecule has 0 bridgehead atoms.